The molecule has 5 aromatic rings. The zero-order valence-electron chi connectivity index (χ0n) is 22.0. The number of aryl methyl sites for hydroxylation is 1. The van der Waals surface area contributed by atoms with Gasteiger partial charge in [0.1, 0.15) is 11.2 Å². The van der Waals surface area contributed by atoms with Crippen LogP contribution in [0.3, 0.4) is 0 Å². The maximum Gasteiger partial charge on any atom is 0.262 e. The van der Waals surface area contributed by atoms with Gasteiger partial charge in [-0.1, -0.05) is 102 Å². The standard InChI is InChI=1S/C34H31N2S2/c1-4-35-29-20-25-14-6-8-16-27(25)22-31(29)37-33(35)18-10-12-24(3)13-11-19-34-36(5-2)30-21-26-15-7-9-17-28(26)23-32(30)38-34/h6-23H,4-5H2,1-3H3/q+1. The Balaban J connectivity index is 1.20. The second-order valence-electron chi connectivity index (χ2n) is 9.50. The van der Waals surface area contributed by atoms with Gasteiger partial charge in [0.25, 0.3) is 5.01 Å². The summed E-state index contributed by atoms with van der Waals surface area (Å²) in [6.45, 7) is 8.51. The van der Waals surface area contributed by atoms with Crippen molar-refractivity contribution in [1.82, 2.24) is 0 Å². The molecule has 0 saturated carbocycles. The molecule has 6 rings (SSSR count). The molecule has 4 heteroatoms. The van der Waals surface area contributed by atoms with Crippen molar-refractivity contribution < 1.29 is 4.57 Å². The number of anilines is 1. The van der Waals surface area contributed by atoms with Gasteiger partial charge in [-0.05, 0) is 66.6 Å². The number of hydrogen-bond donors (Lipinski definition) is 0. The quantitative estimate of drug-likeness (QED) is 0.159. The molecule has 0 radical (unpaired) electrons. The molecule has 0 aliphatic carbocycles. The first kappa shape index (κ1) is 24.7. The van der Waals surface area contributed by atoms with Crippen molar-refractivity contribution in [1.29, 1.82) is 0 Å². The number of aromatic nitrogens is 1. The van der Waals surface area contributed by atoms with E-state index in [0.29, 0.717) is 0 Å². The molecule has 1 aromatic heterocycles. The molecule has 0 unspecified atom stereocenters. The van der Waals surface area contributed by atoms with Gasteiger partial charge in [-0.3, -0.25) is 0 Å². The van der Waals surface area contributed by atoms with Crippen LogP contribution in [0.15, 0.2) is 119 Å². The van der Waals surface area contributed by atoms with Crippen molar-refractivity contribution in [3.8, 4) is 0 Å². The van der Waals surface area contributed by atoms with Gasteiger partial charge in [0, 0.05) is 23.6 Å². The van der Waals surface area contributed by atoms with Gasteiger partial charge in [0.2, 0.25) is 5.52 Å². The minimum absolute atomic E-state index is 0.956. The van der Waals surface area contributed by atoms with Gasteiger partial charge in [0.15, 0.2) is 0 Å². The molecule has 1 aliphatic rings. The maximum absolute atomic E-state index is 2.41. The van der Waals surface area contributed by atoms with Gasteiger partial charge in [-0.25, -0.2) is 0 Å². The molecule has 0 bridgehead atoms. The highest BCUT2D eigenvalue weighted by Crippen LogP contribution is 2.47. The van der Waals surface area contributed by atoms with Crippen LogP contribution in [0.2, 0.25) is 0 Å². The molecule has 2 nitrogen and oxygen atoms in total. The van der Waals surface area contributed by atoms with Crippen LogP contribution in [0.4, 0.5) is 5.69 Å². The number of hydrogen-bond acceptors (Lipinski definition) is 3. The number of nitrogens with zero attached hydrogens (tertiary/aromatic N) is 2. The lowest BCUT2D eigenvalue weighted by Crippen LogP contribution is -2.33. The fourth-order valence-electron chi connectivity index (χ4n) is 5.09. The summed E-state index contributed by atoms with van der Waals surface area (Å²) in [6.07, 6.45) is 13.2. The number of fused-ring (bicyclic) bond motifs is 4. The molecule has 0 saturated heterocycles. The van der Waals surface area contributed by atoms with E-state index in [-0.39, 0.29) is 0 Å². The van der Waals surface area contributed by atoms with Crippen LogP contribution in [0, 0.1) is 0 Å². The van der Waals surface area contributed by atoms with Gasteiger partial charge in [0.05, 0.1) is 10.7 Å². The molecular weight excluding hydrogens is 501 g/mol. The molecule has 0 spiro atoms. The highest BCUT2D eigenvalue weighted by molar-refractivity contribution is 8.03. The van der Waals surface area contributed by atoms with E-state index < -0.39 is 0 Å². The summed E-state index contributed by atoms with van der Waals surface area (Å²) >= 11 is 3.72. The highest BCUT2D eigenvalue weighted by atomic mass is 32.2. The second kappa shape index (κ2) is 10.6. The van der Waals surface area contributed by atoms with Crippen molar-refractivity contribution in [2.45, 2.75) is 32.2 Å². The second-order valence-corrected chi connectivity index (χ2v) is 11.6. The number of benzene rings is 4. The highest BCUT2D eigenvalue weighted by Gasteiger charge is 2.24. The molecule has 0 amide bonds. The van der Waals surface area contributed by atoms with E-state index in [1.165, 1.54) is 58.0 Å². The van der Waals surface area contributed by atoms with Gasteiger partial charge < -0.3 is 4.90 Å². The summed E-state index contributed by atoms with van der Waals surface area (Å²) in [5.74, 6) is 0. The average Bonchev–Trinajstić information content (AvgIpc) is 3.45. The monoisotopic (exact) mass is 531 g/mol. The summed E-state index contributed by atoms with van der Waals surface area (Å²) in [6, 6.07) is 26.5. The molecule has 0 fully saturated rings. The van der Waals surface area contributed by atoms with Crippen molar-refractivity contribution in [2.75, 3.05) is 11.4 Å². The molecule has 38 heavy (non-hydrogen) atoms. The fourth-order valence-corrected chi connectivity index (χ4v) is 7.43. The van der Waals surface area contributed by atoms with E-state index in [1.54, 1.807) is 0 Å². The Morgan fingerprint density at radius 1 is 0.868 bits per heavy atom. The van der Waals surface area contributed by atoms with E-state index in [2.05, 4.69) is 139 Å². The molecule has 2 heterocycles. The van der Waals surface area contributed by atoms with Crippen LogP contribution in [0.1, 0.15) is 25.8 Å². The summed E-state index contributed by atoms with van der Waals surface area (Å²) in [4.78, 5) is 3.74. The number of thioether (sulfide) groups is 1. The SMILES string of the molecule is CCN1C(=CC=CC(C)=CC=Cc2sc3cc4ccccc4cc3[n+]2CC)Sc2cc3ccccc3cc21. The summed E-state index contributed by atoms with van der Waals surface area (Å²) in [5.41, 5.74) is 3.85. The Labute approximate surface area is 232 Å². The van der Waals surface area contributed by atoms with Crippen LogP contribution >= 0.6 is 23.1 Å². The molecule has 1 aliphatic heterocycles. The molecule has 188 valence electrons. The lowest BCUT2D eigenvalue weighted by atomic mass is 10.1. The molecule has 0 atom stereocenters. The smallest absolute Gasteiger partial charge is 0.262 e. The maximum atomic E-state index is 2.41. The van der Waals surface area contributed by atoms with E-state index >= 15 is 0 Å². The van der Waals surface area contributed by atoms with Gasteiger partial charge in [-0.2, -0.15) is 4.57 Å². The number of thiazole rings is 1. The zero-order chi connectivity index (χ0) is 26.1. The van der Waals surface area contributed by atoms with Gasteiger partial charge in [-0.15, -0.1) is 0 Å². The average molecular weight is 532 g/mol. The van der Waals surface area contributed by atoms with Crippen molar-refractivity contribution in [3.63, 3.8) is 0 Å². The normalized spacial score (nSPS) is 15.3. The zero-order valence-corrected chi connectivity index (χ0v) is 23.7. The Morgan fingerprint density at radius 3 is 2.26 bits per heavy atom. The van der Waals surface area contributed by atoms with Crippen molar-refractivity contribution in [2.24, 2.45) is 0 Å². The molecule has 4 aromatic carbocycles. The first-order valence-corrected chi connectivity index (χ1v) is 14.8. The molecular formula is C34H31N2S2+. The van der Waals surface area contributed by atoms with E-state index in [0.717, 1.165) is 13.1 Å². The first-order valence-electron chi connectivity index (χ1n) is 13.2. The Hall–Kier alpha value is -3.60. The Kier molecular flexibility index (Phi) is 6.92. The third kappa shape index (κ3) is 4.70. The van der Waals surface area contributed by atoms with Crippen molar-refractivity contribution >= 4 is 66.6 Å². The summed E-state index contributed by atoms with van der Waals surface area (Å²) in [5, 5.41) is 7.74. The minimum atomic E-state index is 0.956. The van der Waals surface area contributed by atoms with Crippen LogP contribution in [-0.2, 0) is 6.54 Å². The first-order chi connectivity index (χ1) is 18.6. The van der Waals surface area contributed by atoms with Crippen LogP contribution < -0.4 is 9.47 Å². The Morgan fingerprint density at radius 2 is 1.55 bits per heavy atom. The number of allylic oxidation sites excluding steroid dienone is 6. The summed E-state index contributed by atoms with van der Waals surface area (Å²) in [7, 11) is 0. The largest absolute Gasteiger partial charge is 0.335 e. The lowest BCUT2D eigenvalue weighted by molar-refractivity contribution is -0.665. The Bertz CT molecular complexity index is 1790. The van der Waals surface area contributed by atoms with E-state index in [4.69, 9.17) is 0 Å². The van der Waals surface area contributed by atoms with E-state index in [9.17, 15) is 0 Å². The summed E-state index contributed by atoms with van der Waals surface area (Å²) < 4.78 is 3.74. The topological polar surface area (TPSA) is 7.12 Å². The lowest BCUT2D eigenvalue weighted by Gasteiger charge is -2.18. The number of rotatable bonds is 6. The predicted octanol–water partition coefficient (Wildman–Crippen LogP) is 9.50. The molecule has 0 N–H and O–H groups in total. The van der Waals surface area contributed by atoms with Crippen molar-refractivity contribution in [3.05, 3.63) is 119 Å². The van der Waals surface area contributed by atoms with E-state index in [1.807, 2.05) is 23.1 Å². The van der Waals surface area contributed by atoms with Gasteiger partial charge >= 0.3 is 0 Å². The van der Waals surface area contributed by atoms with Crippen LogP contribution in [-0.4, -0.2) is 6.54 Å². The van der Waals surface area contributed by atoms with Crippen LogP contribution in [0.5, 0.6) is 0 Å². The fraction of sp³-hybridized carbons (Fsp3) is 0.147. The predicted molar refractivity (Wildman–Crippen MR) is 168 cm³/mol. The third-order valence-electron chi connectivity index (χ3n) is 7.03. The minimum Gasteiger partial charge on any atom is -0.335 e. The van der Waals surface area contributed by atoms with Crippen LogP contribution in [0.25, 0.3) is 37.8 Å². The third-order valence-corrected chi connectivity index (χ3v) is 9.25.